The van der Waals surface area contributed by atoms with Crippen LogP contribution in [0, 0.1) is 11.7 Å². The molecule has 6 nitrogen and oxygen atoms in total. The van der Waals surface area contributed by atoms with Crippen molar-refractivity contribution in [1.29, 1.82) is 0 Å². The molecule has 1 aromatic heterocycles. The van der Waals surface area contributed by atoms with Crippen LogP contribution in [0.4, 0.5) is 4.39 Å². The van der Waals surface area contributed by atoms with E-state index in [1.807, 2.05) is 12.1 Å². The Bertz CT molecular complexity index is 1000. The summed E-state index contributed by atoms with van der Waals surface area (Å²) in [4.78, 5) is 26.6. The van der Waals surface area contributed by atoms with Gasteiger partial charge in [-0.25, -0.2) is 4.39 Å². The van der Waals surface area contributed by atoms with Crippen molar-refractivity contribution in [2.75, 3.05) is 20.2 Å². The lowest BCUT2D eigenvalue weighted by molar-refractivity contribution is -0.141. The number of nitrogens with zero attached hydrogens (tertiary/aromatic N) is 3. The van der Waals surface area contributed by atoms with Gasteiger partial charge in [-0.2, -0.15) is 17.7 Å². The Morgan fingerprint density at radius 1 is 1.29 bits per heavy atom. The van der Waals surface area contributed by atoms with E-state index in [9.17, 15) is 14.0 Å². The highest BCUT2D eigenvalue weighted by molar-refractivity contribution is 7.81. The number of piperidine rings is 1. The molecule has 2 aliphatic rings. The number of hydrogen-bond donors (Lipinski definition) is 1. The summed E-state index contributed by atoms with van der Waals surface area (Å²) in [7, 11) is 1.34. The minimum atomic E-state index is -0.588. The molecule has 164 valence electrons. The maximum atomic E-state index is 14.6. The second kappa shape index (κ2) is 9.36. The third-order valence-corrected chi connectivity index (χ3v) is 6.42. The van der Waals surface area contributed by atoms with Crippen LogP contribution in [0.15, 0.2) is 42.1 Å². The van der Waals surface area contributed by atoms with E-state index in [1.54, 1.807) is 24.4 Å². The molecule has 2 fully saturated rings. The molecule has 2 aromatic rings. The van der Waals surface area contributed by atoms with Gasteiger partial charge in [-0.1, -0.05) is 18.2 Å². The first kappa shape index (κ1) is 21.8. The van der Waals surface area contributed by atoms with Crippen LogP contribution in [0.2, 0.25) is 0 Å². The molecule has 0 N–H and O–H groups in total. The lowest BCUT2D eigenvalue weighted by Crippen LogP contribution is -2.42. The Balaban J connectivity index is 1.58. The van der Waals surface area contributed by atoms with Crippen LogP contribution < -0.4 is 0 Å². The lowest BCUT2D eigenvalue weighted by atomic mass is 9.93. The molecule has 8 heteroatoms. The summed E-state index contributed by atoms with van der Waals surface area (Å²) in [5, 5.41) is 4.43. The maximum absolute atomic E-state index is 14.6. The number of halogens is 1. The monoisotopic (exact) mass is 443 g/mol. The van der Waals surface area contributed by atoms with Gasteiger partial charge in [0.05, 0.1) is 18.8 Å². The molecule has 1 aromatic carbocycles. The zero-order valence-electron chi connectivity index (χ0n) is 17.4. The number of carbonyl (C=O) groups excluding carboxylic acids is 2. The molecular weight excluding hydrogens is 417 g/mol. The Morgan fingerprint density at radius 3 is 2.77 bits per heavy atom. The fraction of sp³-hybridized carbons (Fsp3) is 0.435. The number of carbonyl (C=O) groups is 2. The van der Waals surface area contributed by atoms with Gasteiger partial charge >= 0.3 is 5.97 Å². The van der Waals surface area contributed by atoms with Crippen molar-refractivity contribution < 1.29 is 18.7 Å². The van der Waals surface area contributed by atoms with Crippen molar-refractivity contribution in [3.8, 4) is 0 Å². The number of ketones is 1. The van der Waals surface area contributed by atoms with Crippen LogP contribution in [0.25, 0.3) is 6.08 Å². The third kappa shape index (κ3) is 5.07. The van der Waals surface area contributed by atoms with E-state index < -0.39 is 6.04 Å². The number of rotatable bonds is 7. The van der Waals surface area contributed by atoms with Crippen LogP contribution in [-0.2, 0) is 20.9 Å². The van der Waals surface area contributed by atoms with Crippen LogP contribution in [0.3, 0.4) is 0 Å². The highest BCUT2D eigenvalue weighted by Gasteiger charge is 2.40. The number of aromatic nitrogens is 2. The molecule has 31 heavy (non-hydrogen) atoms. The minimum absolute atomic E-state index is 0.0271. The summed E-state index contributed by atoms with van der Waals surface area (Å²) in [5.41, 5.74) is 2.16. The van der Waals surface area contributed by atoms with Crippen LogP contribution in [0.1, 0.15) is 36.6 Å². The molecular formula is C23H26FN3O3S. The zero-order valence-corrected chi connectivity index (χ0v) is 18.3. The van der Waals surface area contributed by atoms with E-state index in [2.05, 4.69) is 14.7 Å². The first-order valence-electron chi connectivity index (χ1n) is 10.5. The number of methoxy groups -OCH3 is 1. The molecule has 4 rings (SSSR count). The second-order valence-corrected chi connectivity index (χ2v) is 8.73. The van der Waals surface area contributed by atoms with E-state index in [-0.39, 0.29) is 35.3 Å². The minimum Gasteiger partial charge on any atom is -0.468 e. The Hall–Kier alpha value is -2.45. The number of thiol groups is 1. The molecule has 0 amide bonds. The van der Waals surface area contributed by atoms with Crippen molar-refractivity contribution in [3.05, 3.63) is 59.2 Å². The Kier molecular flexibility index (Phi) is 6.57. The maximum Gasteiger partial charge on any atom is 0.327 e. The smallest absolute Gasteiger partial charge is 0.327 e. The summed E-state index contributed by atoms with van der Waals surface area (Å²) in [6.45, 7) is 1.22. The summed E-state index contributed by atoms with van der Waals surface area (Å²) >= 11 is 4.72. The molecule has 2 heterocycles. The molecule has 0 bridgehead atoms. The van der Waals surface area contributed by atoms with Gasteiger partial charge in [-0.3, -0.25) is 19.2 Å². The molecule has 0 radical (unpaired) electrons. The number of Topliss-reactive ketones (excluding diaryl/α,β-unsaturated/α-hetero) is 1. The van der Waals surface area contributed by atoms with Crippen LogP contribution >= 0.6 is 12.6 Å². The van der Waals surface area contributed by atoms with Gasteiger partial charge in [0.25, 0.3) is 0 Å². The van der Waals surface area contributed by atoms with Crippen molar-refractivity contribution in [3.63, 3.8) is 0 Å². The van der Waals surface area contributed by atoms with Crippen molar-refractivity contribution in [2.24, 2.45) is 5.92 Å². The SMILES string of the molecule is COC(=O)Cn1ccc(C=C2CN(C(C(=O)C3CC3)c3ccccc3F)CCC2S)n1. The normalized spacial score (nSPS) is 21.8. The van der Waals surface area contributed by atoms with Gasteiger partial charge in [0.2, 0.25) is 0 Å². The zero-order chi connectivity index (χ0) is 22.0. The largest absolute Gasteiger partial charge is 0.468 e. The quantitative estimate of drug-likeness (QED) is 0.526. The number of ether oxygens (including phenoxy) is 1. The summed E-state index contributed by atoms with van der Waals surface area (Å²) < 4.78 is 20.8. The number of benzene rings is 1. The summed E-state index contributed by atoms with van der Waals surface area (Å²) in [5.74, 6) is -0.588. The fourth-order valence-electron chi connectivity index (χ4n) is 4.00. The van der Waals surface area contributed by atoms with Gasteiger partial charge in [-0.15, -0.1) is 0 Å². The average molecular weight is 444 g/mol. The fourth-order valence-corrected chi connectivity index (χ4v) is 4.27. The van der Waals surface area contributed by atoms with Gasteiger partial charge in [0, 0.05) is 36.0 Å². The summed E-state index contributed by atoms with van der Waals surface area (Å²) in [6.07, 6.45) is 6.18. The lowest BCUT2D eigenvalue weighted by Gasteiger charge is -2.37. The topological polar surface area (TPSA) is 64.4 Å². The third-order valence-electron chi connectivity index (χ3n) is 5.83. The first-order valence-corrected chi connectivity index (χ1v) is 11.0. The predicted octanol–water partition coefficient (Wildman–Crippen LogP) is 3.30. The number of hydrogen-bond acceptors (Lipinski definition) is 6. The molecule has 2 atom stereocenters. The van der Waals surface area contributed by atoms with Gasteiger partial charge < -0.3 is 4.74 Å². The summed E-state index contributed by atoms with van der Waals surface area (Å²) in [6, 6.07) is 7.78. The first-order chi connectivity index (χ1) is 15.0. The van der Waals surface area contributed by atoms with Crippen LogP contribution in [0.5, 0.6) is 0 Å². The second-order valence-electron chi connectivity index (χ2n) is 8.11. The van der Waals surface area contributed by atoms with Crippen molar-refractivity contribution in [1.82, 2.24) is 14.7 Å². The van der Waals surface area contributed by atoms with Gasteiger partial charge in [0.15, 0.2) is 5.78 Å². The number of likely N-dealkylation sites (tertiary alicyclic amines) is 1. The average Bonchev–Trinajstić information content (AvgIpc) is 3.53. The molecule has 0 spiro atoms. The van der Waals surface area contributed by atoms with Gasteiger partial charge in [-0.05, 0) is 43.0 Å². The Labute approximate surface area is 186 Å². The van der Waals surface area contributed by atoms with E-state index >= 15 is 0 Å². The highest BCUT2D eigenvalue weighted by Crippen LogP contribution is 2.39. The highest BCUT2D eigenvalue weighted by atomic mass is 32.1. The standard InChI is InChI=1S/C23H26FN3O3S/c1-30-21(28)14-27-11-8-17(25-27)12-16-13-26(10-9-20(16)31)22(23(29)15-6-7-15)18-4-2-3-5-19(18)24/h2-5,8,11-12,15,20,22,31H,6-7,9-10,13-14H2,1H3. The molecule has 2 unspecified atom stereocenters. The Morgan fingerprint density at radius 2 is 2.06 bits per heavy atom. The number of esters is 1. The van der Waals surface area contributed by atoms with E-state index in [4.69, 9.17) is 12.6 Å². The molecule has 1 saturated carbocycles. The van der Waals surface area contributed by atoms with E-state index in [0.29, 0.717) is 24.3 Å². The predicted molar refractivity (Wildman–Crippen MR) is 118 cm³/mol. The molecule has 1 saturated heterocycles. The van der Waals surface area contributed by atoms with E-state index in [1.165, 1.54) is 17.9 Å². The van der Waals surface area contributed by atoms with Crippen molar-refractivity contribution in [2.45, 2.75) is 37.1 Å². The van der Waals surface area contributed by atoms with Crippen LogP contribution in [-0.4, -0.2) is 51.9 Å². The van der Waals surface area contributed by atoms with Crippen molar-refractivity contribution >= 4 is 30.5 Å². The molecule has 1 aliphatic heterocycles. The molecule has 1 aliphatic carbocycles. The van der Waals surface area contributed by atoms with E-state index in [0.717, 1.165) is 24.8 Å². The van der Waals surface area contributed by atoms with Gasteiger partial charge in [0.1, 0.15) is 12.4 Å².